The lowest BCUT2D eigenvalue weighted by Crippen LogP contribution is -2.22. The first-order valence-electron chi connectivity index (χ1n) is 5.97. The highest BCUT2D eigenvalue weighted by atomic mass is 16.6. The maximum atomic E-state index is 11.4. The molecule has 0 radical (unpaired) electrons. The summed E-state index contributed by atoms with van der Waals surface area (Å²) < 4.78 is 2.70. The molecule has 10 nitrogen and oxygen atoms in total. The summed E-state index contributed by atoms with van der Waals surface area (Å²) >= 11 is 0. The van der Waals surface area contributed by atoms with Crippen molar-refractivity contribution >= 4 is 17.5 Å². The van der Waals surface area contributed by atoms with Crippen LogP contribution >= 0.6 is 0 Å². The van der Waals surface area contributed by atoms with Crippen LogP contribution in [0.1, 0.15) is 17.3 Å². The number of carboxylic acid groups (broad SMARTS) is 1. The van der Waals surface area contributed by atoms with Gasteiger partial charge in [-0.3, -0.25) is 14.8 Å². The normalized spacial score (nSPS) is 12.1. The summed E-state index contributed by atoms with van der Waals surface area (Å²) in [6.45, 7) is 1.49. The third-order valence-corrected chi connectivity index (χ3v) is 2.96. The number of carbonyl (C=O) groups is 1. The number of carboxylic acids is 1. The number of nitrogens with one attached hydrogen (secondary N) is 1. The third kappa shape index (κ3) is 2.68. The summed E-state index contributed by atoms with van der Waals surface area (Å²) in [6.07, 6.45) is 2.92. The zero-order valence-corrected chi connectivity index (χ0v) is 11.6. The van der Waals surface area contributed by atoms with Gasteiger partial charge in [0, 0.05) is 25.9 Å². The summed E-state index contributed by atoms with van der Waals surface area (Å²) in [7, 11) is 3.16. The van der Waals surface area contributed by atoms with E-state index in [0.717, 1.165) is 0 Å². The summed E-state index contributed by atoms with van der Waals surface area (Å²) in [6, 6.07) is -1.16. The summed E-state index contributed by atoms with van der Waals surface area (Å²) in [5.74, 6) is -1.13. The molecule has 1 unspecified atom stereocenters. The third-order valence-electron chi connectivity index (χ3n) is 2.96. The maximum absolute atomic E-state index is 11.4. The molecule has 0 aromatic carbocycles. The summed E-state index contributed by atoms with van der Waals surface area (Å²) in [5, 5.41) is 30.9. The summed E-state index contributed by atoms with van der Waals surface area (Å²) in [4.78, 5) is 21.9. The number of anilines is 1. The van der Waals surface area contributed by atoms with Crippen molar-refractivity contribution in [1.29, 1.82) is 0 Å². The zero-order valence-electron chi connectivity index (χ0n) is 11.6. The first-order valence-corrected chi connectivity index (χ1v) is 5.97. The molecule has 2 heterocycles. The highest BCUT2D eigenvalue weighted by Crippen LogP contribution is 2.30. The lowest BCUT2D eigenvalue weighted by molar-refractivity contribution is -0.384. The lowest BCUT2D eigenvalue weighted by atomic mass is 10.1. The van der Waals surface area contributed by atoms with E-state index >= 15 is 0 Å². The molecular weight excluding hydrogens is 280 g/mol. The quantitative estimate of drug-likeness (QED) is 0.610. The lowest BCUT2D eigenvalue weighted by Gasteiger charge is -2.13. The van der Waals surface area contributed by atoms with Gasteiger partial charge in [-0.25, -0.2) is 9.48 Å². The van der Waals surface area contributed by atoms with Crippen LogP contribution in [0.15, 0.2) is 12.4 Å². The topological polar surface area (TPSA) is 128 Å². The number of aryl methyl sites for hydroxylation is 3. The van der Waals surface area contributed by atoms with E-state index in [0.29, 0.717) is 5.56 Å². The minimum absolute atomic E-state index is 0.0359. The Balaban J connectivity index is 2.43. The van der Waals surface area contributed by atoms with Gasteiger partial charge >= 0.3 is 11.7 Å². The monoisotopic (exact) mass is 294 g/mol. The number of aliphatic carboxylic acids is 1. The van der Waals surface area contributed by atoms with Crippen LogP contribution in [-0.4, -0.2) is 35.6 Å². The largest absolute Gasteiger partial charge is 0.479 e. The molecule has 112 valence electrons. The Morgan fingerprint density at radius 1 is 1.52 bits per heavy atom. The molecule has 2 rings (SSSR count). The standard InChI is InChI=1S/C11H14N6O4/c1-6-9(17(20)21)10(16(3)14-6)13-8(11(18)19)7-4-12-15(2)5-7/h4-5,8,13H,1-3H3,(H,18,19). The predicted octanol–water partition coefficient (Wildman–Crippen LogP) is 0.608. The van der Waals surface area contributed by atoms with Gasteiger partial charge in [-0.15, -0.1) is 0 Å². The van der Waals surface area contributed by atoms with E-state index in [4.69, 9.17) is 0 Å². The van der Waals surface area contributed by atoms with Crippen molar-refractivity contribution in [1.82, 2.24) is 19.6 Å². The van der Waals surface area contributed by atoms with Crippen molar-refractivity contribution in [3.05, 3.63) is 33.8 Å². The van der Waals surface area contributed by atoms with Gasteiger partial charge in [0.2, 0.25) is 5.82 Å². The van der Waals surface area contributed by atoms with E-state index < -0.39 is 16.9 Å². The van der Waals surface area contributed by atoms with Crippen molar-refractivity contribution in [2.24, 2.45) is 14.1 Å². The number of rotatable bonds is 5. The minimum Gasteiger partial charge on any atom is -0.479 e. The average molecular weight is 294 g/mol. The van der Waals surface area contributed by atoms with Crippen molar-refractivity contribution in [2.75, 3.05) is 5.32 Å². The van der Waals surface area contributed by atoms with E-state index in [1.807, 2.05) is 0 Å². The fourth-order valence-corrected chi connectivity index (χ4v) is 2.04. The minimum atomic E-state index is -1.17. The van der Waals surface area contributed by atoms with Gasteiger partial charge in [-0.1, -0.05) is 0 Å². The van der Waals surface area contributed by atoms with Crippen LogP contribution in [-0.2, 0) is 18.9 Å². The van der Waals surface area contributed by atoms with Crippen LogP contribution in [0.4, 0.5) is 11.5 Å². The molecule has 0 saturated carbocycles. The Bertz CT molecular complexity index is 704. The zero-order chi connectivity index (χ0) is 15.7. The molecule has 10 heteroatoms. The first kappa shape index (κ1) is 14.5. The number of aromatic nitrogens is 4. The van der Waals surface area contributed by atoms with E-state index in [9.17, 15) is 20.0 Å². The van der Waals surface area contributed by atoms with E-state index in [2.05, 4.69) is 15.5 Å². The summed E-state index contributed by atoms with van der Waals surface area (Å²) in [5.41, 5.74) is 0.353. The molecule has 2 N–H and O–H groups in total. The Morgan fingerprint density at radius 2 is 2.19 bits per heavy atom. The average Bonchev–Trinajstić information content (AvgIpc) is 2.89. The highest BCUT2D eigenvalue weighted by molar-refractivity contribution is 5.80. The van der Waals surface area contributed by atoms with Crippen molar-refractivity contribution in [3.8, 4) is 0 Å². The molecule has 0 aliphatic rings. The van der Waals surface area contributed by atoms with Crippen LogP contribution < -0.4 is 5.32 Å². The van der Waals surface area contributed by atoms with E-state index in [1.54, 1.807) is 7.05 Å². The van der Waals surface area contributed by atoms with Gasteiger partial charge in [-0.2, -0.15) is 10.2 Å². The predicted molar refractivity (Wildman–Crippen MR) is 71.8 cm³/mol. The molecule has 21 heavy (non-hydrogen) atoms. The van der Waals surface area contributed by atoms with Crippen molar-refractivity contribution in [3.63, 3.8) is 0 Å². The number of hydrogen-bond donors (Lipinski definition) is 2. The molecule has 0 spiro atoms. The van der Waals surface area contributed by atoms with Crippen LogP contribution in [0.2, 0.25) is 0 Å². The second-order valence-corrected chi connectivity index (χ2v) is 4.53. The van der Waals surface area contributed by atoms with Crippen LogP contribution in [0.3, 0.4) is 0 Å². The van der Waals surface area contributed by atoms with E-state index in [1.165, 1.54) is 35.7 Å². The molecule has 0 aliphatic heterocycles. The Labute approximate surface area is 119 Å². The van der Waals surface area contributed by atoms with Crippen molar-refractivity contribution < 1.29 is 14.8 Å². The molecule has 0 aliphatic carbocycles. The van der Waals surface area contributed by atoms with E-state index in [-0.39, 0.29) is 17.2 Å². The molecule has 0 saturated heterocycles. The van der Waals surface area contributed by atoms with Crippen LogP contribution in [0.25, 0.3) is 0 Å². The molecule has 1 atom stereocenters. The molecular formula is C11H14N6O4. The maximum Gasteiger partial charge on any atom is 0.333 e. The van der Waals surface area contributed by atoms with Crippen LogP contribution in [0, 0.1) is 17.0 Å². The first-order chi connectivity index (χ1) is 9.81. The van der Waals surface area contributed by atoms with Gasteiger partial charge < -0.3 is 10.4 Å². The number of nitrogens with zero attached hydrogens (tertiary/aromatic N) is 5. The Hall–Kier alpha value is -2.91. The smallest absolute Gasteiger partial charge is 0.333 e. The molecule has 2 aromatic rings. The van der Waals surface area contributed by atoms with Gasteiger partial charge in [0.15, 0.2) is 6.04 Å². The fraction of sp³-hybridized carbons (Fsp3) is 0.364. The highest BCUT2D eigenvalue weighted by Gasteiger charge is 2.29. The van der Waals surface area contributed by atoms with Gasteiger partial charge in [0.1, 0.15) is 5.69 Å². The molecule has 0 bridgehead atoms. The second-order valence-electron chi connectivity index (χ2n) is 4.53. The fourth-order valence-electron chi connectivity index (χ4n) is 2.04. The Kier molecular flexibility index (Phi) is 3.61. The second kappa shape index (κ2) is 5.23. The number of nitro groups is 1. The van der Waals surface area contributed by atoms with Gasteiger partial charge in [-0.05, 0) is 6.92 Å². The SMILES string of the molecule is Cc1nn(C)c(NC(C(=O)O)c2cnn(C)c2)c1[N+](=O)[O-]. The molecule has 2 aromatic heterocycles. The van der Waals surface area contributed by atoms with Crippen LogP contribution in [0.5, 0.6) is 0 Å². The molecule has 0 amide bonds. The number of hydrogen-bond acceptors (Lipinski definition) is 6. The molecule has 0 fully saturated rings. The van der Waals surface area contributed by atoms with Gasteiger partial charge in [0.25, 0.3) is 0 Å². The van der Waals surface area contributed by atoms with Gasteiger partial charge in [0.05, 0.1) is 11.1 Å². The van der Waals surface area contributed by atoms with Crippen molar-refractivity contribution in [2.45, 2.75) is 13.0 Å². The Morgan fingerprint density at radius 3 is 2.67 bits per heavy atom.